The Kier molecular flexibility index (Phi) is 6.02. The number of para-hydroxylation sites is 1. The lowest BCUT2D eigenvalue weighted by molar-refractivity contribution is 0.130. The summed E-state index contributed by atoms with van der Waals surface area (Å²) in [6.45, 7) is 0.281. The Labute approximate surface area is 197 Å². The van der Waals surface area contributed by atoms with E-state index in [1.54, 1.807) is 12.1 Å². The van der Waals surface area contributed by atoms with Crippen LogP contribution in [0.2, 0.25) is 10.0 Å². The number of oxime groups is 1. The van der Waals surface area contributed by atoms with Crippen LogP contribution in [0.15, 0.2) is 90.1 Å². The topological polar surface area (TPSA) is 26.5 Å². The van der Waals surface area contributed by atoms with Gasteiger partial charge in [0, 0.05) is 32.6 Å². The molecule has 0 radical (unpaired) electrons. The molecule has 1 aromatic heterocycles. The highest BCUT2D eigenvalue weighted by molar-refractivity contribution is 6.33. The zero-order valence-corrected chi connectivity index (χ0v) is 19.0. The van der Waals surface area contributed by atoms with Gasteiger partial charge >= 0.3 is 0 Å². The van der Waals surface area contributed by atoms with Crippen LogP contribution in [0.1, 0.15) is 29.7 Å². The maximum Gasteiger partial charge on any atom is 0.143 e. The largest absolute Gasteiger partial charge is 0.391 e. The predicted molar refractivity (Wildman–Crippen MR) is 132 cm³/mol. The standard InChI is InChI=1S/C27H22Cl2N2O/c28-21-14-15-24(29)20(16-21)18-32-30-25-12-7-13-26-23(25)17-27(19-8-3-1-4-9-19)31(26)22-10-5-2-6-11-22/h1-6,8-11,14-17H,7,12-13,18H2. The second-order valence-corrected chi connectivity index (χ2v) is 8.67. The minimum atomic E-state index is 0.281. The molecule has 0 atom stereocenters. The summed E-state index contributed by atoms with van der Waals surface area (Å²) in [6, 6.07) is 28.6. The molecule has 3 nitrogen and oxygen atoms in total. The van der Waals surface area contributed by atoms with Crippen molar-refractivity contribution < 1.29 is 4.84 Å². The van der Waals surface area contributed by atoms with Crippen molar-refractivity contribution in [2.45, 2.75) is 25.9 Å². The van der Waals surface area contributed by atoms with Gasteiger partial charge in [-0.15, -0.1) is 0 Å². The number of rotatable bonds is 5. The Morgan fingerprint density at radius 2 is 1.59 bits per heavy atom. The molecule has 0 bridgehead atoms. The van der Waals surface area contributed by atoms with Crippen LogP contribution < -0.4 is 0 Å². The van der Waals surface area contributed by atoms with E-state index in [4.69, 9.17) is 28.0 Å². The Hall–Kier alpha value is -3.01. The van der Waals surface area contributed by atoms with Crippen LogP contribution in [0.4, 0.5) is 0 Å². The molecule has 0 saturated carbocycles. The molecule has 0 aliphatic heterocycles. The fourth-order valence-corrected chi connectivity index (χ4v) is 4.59. The van der Waals surface area contributed by atoms with E-state index in [0.717, 1.165) is 47.5 Å². The van der Waals surface area contributed by atoms with Gasteiger partial charge in [0.25, 0.3) is 0 Å². The first-order valence-electron chi connectivity index (χ1n) is 10.7. The first-order chi connectivity index (χ1) is 15.7. The molecule has 0 fully saturated rings. The smallest absolute Gasteiger partial charge is 0.143 e. The molecule has 3 aromatic carbocycles. The van der Waals surface area contributed by atoms with E-state index in [-0.39, 0.29) is 6.61 Å². The molecule has 0 N–H and O–H groups in total. The lowest BCUT2D eigenvalue weighted by Crippen LogP contribution is -2.14. The average Bonchev–Trinajstić information content (AvgIpc) is 3.23. The van der Waals surface area contributed by atoms with Crippen molar-refractivity contribution in [1.29, 1.82) is 0 Å². The summed E-state index contributed by atoms with van der Waals surface area (Å²) in [7, 11) is 0. The first kappa shape index (κ1) is 20.9. The zero-order valence-electron chi connectivity index (χ0n) is 17.5. The third-order valence-electron chi connectivity index (χ3n) is 5.73. The van der Waals surface area contributed by atoms with Gasteiger partial charge in [-0.2, -0.15) is 0 Å². The van der Waals surface area contributed by atoms with E-state index < -0.39 is 0 Å². The van der Waals surface area contributed by atoms with Crippen LogP contribution in [-0.2, 0) is 17.9 Å². The minimum Gasteiger partial charge on any atom is -0.391 e. The third kappa shape index (κ3) is 4.19. The van der Waals surface area contributed by atoms with Gasteiger partial charge in [0.15, 0.2) is 0 Å². The average molecular weight is 461 g/mol. The van der Waals surface area contributed by atoms with Crippen LogP contribution in [0.5, 0.6) is 0 Å². The number of fused-ring (bicyclic) bond motifs is 1. The zero-order chi connectivity index (χ0) is 21.9. The second-order valence-electron chi connectivity index (χ2n) is 7.83. The maximum atomic E-state index is 6.27. The molecular weight excluding hydrogens is 439 g/mol. The van der Waals surface area contributed by atoms with Crippen LogP contribution in [0.25, 0.3) is 16.9 Å². The van der Waals surface area contributed by atoms with Gasteiger partial charge in [-0.25, -0.2) is 0 Å². The molecule has 5 rings (SSSR count). The third-order valence-corrected chi connectivity index (χ3v) is 6.33. The highest BCUT2D eigenvalue weighted by Gasteiger charge is 2.24. The molecule has 1 heterocycles. The molecule has 160 valence electrons. The SMILES string of the molecule is Clc1ccc(Cl)c(CON=C2CCCc3c2cc(-c2ccccc2)n3-c2ccccc2)c1. The number of halogens is 2. The Morgan fingerprint density at radius 3 is 2.38 bits per heavy atom. The van der Waals surface area contributed by atoms with E-state index in [0.29, 0.717) is 10.0 Å². The highest BCUT2D eigenvalue weighted by atomic mass is 35.5. The number of hydrogen-bond acceptors (Lipinski definition) is 2. The van der Waals surface area contributed by atoms with Crippen LogP contribution >= 0.6 is 23.2 Å². The van der Waals surface area contributed by atoms with Crippen molar-refractivity contribution in [1.82, 2.24) is 4.57 Å². The van der Waals surface area contributed by atoms with Crippen molar-refractivity contribution >= 4 is 28.9 Å². The van der Waals surface area contributed by atoms with Gasteiger partial charge in [0.05, 0.1) is 11.4 Å². The number of nitrogens with zero attached hydrogens (tertiary/aromatic N) is 2. The van der Waals surface area contributed by atoms with Gasteiger partial charge in [-0.05, 0) is 61.2 Å². The van der Waals surface area contributed by atoms with E-state index >= 15 is 0 Å². The van der Waals surface area contributed by atoms with Gasteiger partial charge < -0.3 is 9.40 Å². The van der Waals surface area contributed by atoms with E-state index in [2.05, 4.69) is 64.3 Å². The fourth-order valence-electron chi connectivity index (χ4n) is 4.23. The quantitative estimate of drug-likeness (QED) is 0.280. The molecule has 4 aromatic rings. The number of aromatic nitrogens is 1. The van der Waals surface area contributed by atoms with Gasteiger partial charge in [0.1, 0.15) is 6.61 Å². The number of hydrogen-bond donors (Lipinski definition) is 0. The van der Waals surface area contributed by atoms with Crippen LogP contribution in [0.3, 0.4) is 0 Å². The molecule has 1 aliphatic carbocycles. The van der Waals surface area contributed by atoms with Gasteiger partial charge in [-0.3, -0.25) is 0 Å². The lowest BCUT2D eigenvalue weighted by atomic mass is 9.95. The molecule has 0 saturated heterocycles. The summed E-state index contributed by atoms with van der Waals surface area (Å²) in [5.41, 5.74) is 7.70. The molecule has 0 spiro atoms. The van der Waals surface area contributed by atoms with E-state index in [1.165, 1.54) is 11.3 Å². The first-order valence-corrected chi connectivity index (χ1v) is 11.4. The summed E-state index contributed by atoms with van der Waals surface area (Å²) >= 11 is 12.4. The Morgan fingerprint density at radius 1 is 0.844 bits per heavy atom. The molecule has 1 aliphatic rings. The van der Waals surface area contributed by atoms with Gasteiger partial charge in [0.2, 0.25) is 0 Å². The van der Waals surface area contributed by atoms with Crippen molar-refractivity contribution in [2.75, 3.05) is 0 Å². The number of benzene rings is 3. The predicted octanol–water partition coefficient (Wildman–Crippen LogP) is 7.71. The summed E-state index contributed by atoms with van der Waals surface area (Å²) < 4.78 is 2.35. The Bertz CT molecular complexity index is 1260. The summed E-state index contributed by atoms with van der Waals surface area (Å²) in [5.74, 6) is 0. The molecule has 32 heavy (non-hydrogen) atoms. The summed E-state index contributed by atoms with van der Waals surface area (Å²) in [6.07, 6.45) is 2.90. The normalized spacial score (nSPS) is 14.4. The second kappa shape index (κ2) is 9.23. The fraction of sp³-hybridized carbons (Fsp3) is 0.148. The summed E-state index contributed by atoms with van der Waals surface area (Å²) in [4.78, 5) is 5.75. The molecular formula is C27H22Cl2N2O. The maximum absolute atomic E-state index is 6.27. The van der Waals surface area contributed by atoms with Crippen molar-refractivity contribution in [3.05, 3.63) is 112 Å². The highest BCUT2D eigenvalue weighted by Crippen LogP contribution is 2.34. The van der Waals surface area contributed by atoms with E-state index in [9.17, 15) is 0 Å². The van der Waals surface area contributed by atoms with Crippen molar-refractivity contribution in [3.63, 3.8) is 0 Å². The molecule has 5 heteroatoms. The van der Waals surface area contributed by atoms with Crippen molar-refractivity contribution in [3.8, 4) is 16.9 Å². The Balaban J connectivity index is 1.53. The minimum absolute atomic E-state index is 0.281. The van der Waals surface area contributed by atoms with E-state index in [1.807, 2.05) is 18.2 Å². The van der Waals surface area contributed by atoms with Crippen LogP contribution in [-0.4, -0.2) is 10.3 Å². The van der Waals surface area contributed by atoms with Crippen molar-refractivity contribution in [2.24, 2.45) is 5.16 Å². The lowest BCUT2D eigenvalue weighted by Gasteiger charge is -2.18. The summed E-state index contributed by atoms with van der Waals surface area (Å²) in [5, 5.41) is 5.79. The monoisotopic (exact) mass is 460 g/mol. The molecule has 0 amide bonds. The van der Waals surface area contributed by atoms with Crippen LogP contribution in [0, 0.1) is 0 Å². The molecule has 0 unspecified atom stereocenters. The van der Waals surface area contributed by atoms with Gasteiger partial charge in [-0.1, -0.05) is 76.9 Å².